The second kappa shape index (κ2) is 3.16. The van der Waals surface area contributed by atoms with Crippen LogP contribution in [-0.2, 0) is 9.84 Å². The van der Waals surface area contributed by atoms with Crippen LogP contribution in [0.5, 0.6) is 0 Å². The van der Waals surface area contributed by atoms with E-state index in [1.54, 1.807) is 0 Å². The van der Waals surface area contributed by atoms with E-state index in [0.29, 0.717) is 12.8 Å². The van der Waals surface area contributed by atoms with E-state index in [0.717, 1.165) is 12.8 Å². The van der Waals surface area contributed by atoms with Crippen molar-refractivity contribution in [3.05, 3.63) is 0 Å². The van der Waals surface area contributed by atoms with Crippen LogP contribution in [0.25, 0.3) is 0 Å². The van der Waals surface area contributed by atoms with Crippen LogP contribution in [0.15, 0.2) is 0 Å². The number of fused-ring (bicyclic) bond motifs is 2. The SMILES string of the molecule is Cl.NC1CC2CCC(C1)S2(=O)=O. The molecule has 0 radical (unpaired) electrons. The van der Waals surface area contributed by atoms with E-state index in [-0.39, 0.29) is 28.9 Å². The summed E-state index contributed by atoms with van der Waals surface area (Å²) in [7, 11) is -2.74. The van der Waals surface area contributed by atoms with Crippen LogP contribution in [-0.4, -0.2) is 25.0 Å². The summed E-state index contributed by atoms with van der Waals surface area (Å²) in [6, 6.07) is 0.135. The zero-order chi connectivity index (χ0) is 8.06. The maximum atomic E-state index is 11.5. The Labute approximate surface area is 79.0 Å². The normalized spacial score (nSPS) is 43.6. The van der Waals surface area contributed by atoms with Crippen LogP contribution in [0.4, 0.5) is 0 Å². The van der Waals surface area contributed by atoms with E-state index in [9.17, 15) is 8.42 Å². The molecule has 0 amide bonds. The molecule has 2 unspecified atom stereocenters. The van der Waals surface area contributed by atoms with Crippen LogP contribution in [0.2, 0.25) is 0 Å². The summed E-state index contributed by atoms with van der Waals surface area (Å²) in [5.41, 5.74) is 5.71. The lowest BCUT2D eigenvalue weighted by Crippen LogP contribution is -2.39. The number of rotatable bonds is 0. The van der Waals surface area contributed by atoms with Crippen LogP contribution >= 0.6 is 12.4 Å². The molecule has 0 saturated carbocycles. The molecule has 2 heterocycles. The topological polar surface area (TPSA) is 60.2 Å². The number of nitrogens with two attached hydrogens (primary N) is 1. The second-order valence-corrected chi connectivity index (χ2v) is 6.15. The zero-order valence-corrected chi connectivity index (χ0v) is 8.40. The van der Waals surface area contributed by atoms with Crippen molar-refractivity contribution in [2.24, 2.45) is 5.73 Å². The van der Waals surface area contributed by atoms with E-state index in [2.05, 4.69) is 0 Å². The van der Waals surface area contributed by atoms with Crippen molar-refractivity contribution >= 4 is 22.2 Å². The summed E-state index contributed by atoms with van der Waals surface area (Å²) in [5.74, 6) is 0. The molecule has 0 aliphatic carbocycles. The molecule has 2 bridgehead atoms. The number of halogens is 1. The summed E-state index contributed by atoms with van der Waals surface area (Å²) < 4.78 is 22.9. The fourth-order valence-electron chi connectivity index (χ4n) is 2.25. The van der Waals surface area contributed by atoms with Gasteiger partial charge in [-0.1, -0.05) is 0 Å². The Kier molecular flexibility index (Phi) is 2.71. The molecule has 2 aliphatic heterocycles. The Morgan fingerprint density at radius 1 is 1.08 bits per heavy atom. The molecular weight excluding hydrogens is 198 g/mol. The highest BCUT2D eigenvalue weighted by Gasteiger charge is 2.45. The van der Waals surface area contributed by atoms with Crippen molar-refractivity contribution in [1.82, 2.24) is 0 Å². The summed E-state index contributed by atoms with van der Waals surface area (Å²) in [6.45, 7) is 0. The monoisotopic (exact) mass is 211 g/mol. The Balaban J connectivity index is 0.000000720. The highest BCUT2D eigenvalue weighted by atomic mass is 35.5. The quantitative estimate of drug-likeness (QED) is 0.634. The van der Waals surface area contributed by atoms with E-state index in [1.807, 2.05) is 0 Å². The van der Waals surface area contributed by atoms with Gasteiger partial charge in [-0.05, 0) is 25.7 Å². The lowest BCUT2D eigenvalue weighted by Gasteiger charge is -2.24. The first kappa shape index (κ1) is 10.3. The summed E-state index contributed by atoms with van der Waals surface area (Å²) in [5, 5.41) is -0.201. The van der Waals surface area contributed by atoms with Gasteiger partial charge in [0.2, 0.25) is 0 Å². The number of hydrogen-bond acceptors (Lipinski definition) is 3. The van der Waals surface area contributed by atoms with Crippen LogP contribution in [0, 0.1) is 0 Å². The van der Waals surface area contributed by atoms with Gasteiger partial charge in [0.05, 0.1) is 10.5 Å². The van der Waals surface area contributed by atoms with E-state index >= 15 is 0 Å². The minimum Gasteiger partial charge on any atom is -0.328 e. The van der Waals surface area contributed by atoms with Gasteiger partial charge < -0.3 is 5.73 Å². The molecule has 2 N–H and O–H groups in total. The molecule has 2 saturated heterocycles. The molecule has 12 heavy (non-hydrogen) atoms. The fourth-order valence-corrected chi connectivity index (χ4v) is 4.75. The van der Waals surface area contributed by atoms with Crippen LogP contribution in [0.1, 0.15) is 25.7 Å². The minimum absolute atomic E-state index is 0. The first-order chi connectivity index (χ1) is 5.10. The average Bonchev–Trinajstić information content (AvgIpc) is 2.19. The predicted octanol–water partition coefficient (Wildman–Crippen LogP) is 0.475. The molecule has 0 aromatic heterocycles. The molecule has 0 spiro atoms. The summed E-state index contributed by atoms with van der Waals surface area (Å²) in [4.78, 5) is 0. The van der Waals surface area contributed by atoms with E-state index in [4.69, 9.17) is 5.73 Å². The van der Waals surface area contributed by atoms with E-state index < -0.39 is 9.84 Å². The minimum atomic E-state index is -2.74. The predicted molar refractivity (Wildman–Crippen MR) is 50.2 cm³/mol. The Hall–Kier alpha value is 0.200. The first-order valence-corrected chi connectivity index (χ1v) is 5.70. The number of hydrogen-bond donors (Lipinski definition) is 1. The van der Waals surface area contributed by atoms with Crippen LogP contribution in [0.3, 0.4) is 0 Å². The molecule has 2 atom stereocenters. The molecule has 0 aromatic rings. The molecule has 5 heteroatoms. The highest BCUT2D eigenvalue weighted by molar-refractivity contribution is 7.93. The fraction of sp³-hybridized carbons (Fsp3) is 1.00. The first-order valence-electron chi connectivity index (χ1n) is 4.09. The Bertz CT molecular complexity index is 245. The van der Waals surface area contributed by atoms with Crippen molar-refractivity contribution in [3.8, 4) is 0 Å². The van der Waals surface area contributed by atoms with Gasteiger partial charge in [0.25, 0.3) is 0 Å². The van der Waals surface area contributed by atoms with Gasteiger partial charge in [0, 0.05) is 6.04 Å². The molecular formula is C7H14ClNO2S. The van der Waals surface area contributed by atoms with Gasteiger partial charge >= 0.3 is 0 Å². The third kappa shape index (κ3) is 1.36. The van der Waals surface area contributed by atoms with Crippen molar-refractivity contribution in [2.45, 2.75) is 42.2 Å². The summed E-state index contributed by atoms with van der Waals surface area (Å²) in [6.07, 6.45) is 3.08. The largest absolute Gasteiger partial charge is 0.328 e. The van der Waals surface area contributed by atoms with Crippen molar-refractivity contribution < 1.29 is 8.42 Å². The van der Waals surface area contributed by atoms with Gasteiger partial charge in [-0.3, -0.25) is 0 Å². The van der Waals surface area contributed by atoms with Crippen molar-refractivity contribution in [1.29, 1.82) is 0 Å². The molecule has 3 nitrogen and oxygen atoms in total. The standard InChI is InChI=1S/C7H13NO2S.ClH/c8-5-3-6-1-2-7(4-5)11(6,9)10;/h5-7H,1-4,8H2;1H. The summed E-state index contributed by atoms with van der Waals surface area (Å²) >= 11 is 0. The van der Waals surface area contributed by atoms with Crippen molar-refractivity contribution in [3.63, 3.8) is 0 Å². The van der Waals surface area contributed by atoms with E-state index in [1.165, 1.54) is 0 Å². The Morgan fingerprint density at radius 2 is 1.50 bits per heavy atom. The maximum Gasteiger partial charge on any atom is 0.156 e. The molecule has 0 aromatic carbocycles. The lowest BCUT2D eigenvalue weighted by atomic mass is 10.1. The third-order valence-electron chi connectivity index (χ3n) is 2.87. The van der Waals surface area contributed by atoms with Crippen molar-refractivity contribution in [2.75, 3.05) is 0 Å². The van der Waals surface area contributed by atoms with Gasteiger partial charge in [0.1, 0.15) is 0 Å². The third-order valence-corrected chi connectivity index (χ3v) is 5.59. The zero-order valence-electron chi connectivity index (χ0n) is 6.77. The van der Waals surface area contributed by atoms with Crippen LogP contribution < -0.4 is 5.73 Å². The highest BCUT2D eigenvalue weighted by Crippen LogP contribution is 2.37. The maximum absolute atomic E-state index is 11.5. The molecule has 72 valence electrons. The van der Waals surface area contributed by atoms with Gasteiger partial charge in [-0.2, -0.15) is 0 Å². The second-order valence-electron chi connectivity index (χ2n) is 3.64. The smallest absolute Gasteiger partial charge is 0.156 e. The number of sulfone groups is 1. The average molecular weight is 212 g/mol. The Morgan fingerprint density at radius 3 is 1.92 bits per heavy atom. The van der Waals surface area contributed by atoms with Gasteiger partial charge in [-0.25, -0.2) is 8.42 Å². The van der Waals surface area contributed by atoms with Gasteiger partial charge in [0.15, 0.2) is 9.84 Å². The molecule has 2 rings (SSSR count). The molecule has 2 fully saturated rings. The van der Waals surface area contributed by atoms with Gasteiger partial charge in [-0.15, -0.1) is 12.4 Å². The molecule has 2 aliphatic rings. The lowest BCUT2D eigenvalue weighted by molar-refractivity contribution is 0.506.